The number of nitrogens with one attached hydrogen (secondary N) is 2. The van der Waals surface area contributed by atoms with E-state index in [0.29, 0.717) is 6.29 Å². The average Bonchev–Trinajstić information content (AvgIpc) is 2.27. The van der Waals surface area contributed by atoms with E-state index < -0.39 is 36.0 Å². The van der Waals surface area contributed by atoms with Crippen molar-refractivity contribution in [3.8, 4) is 0 Å². The topological polar surface area (TPSA) is 122 Å². The number of rotatable bonds is 6. The highest BCUT2D eigenvalue weighted by atomic mass is 16.3. The Labute approximate surface area is 99.7 Å². The molecule has 0 aromatic heterocycles. The number of aldehydes is 1. The van der Waals surface area contributed by atoms with Crippen LogP contribution < -0.4 is 16.4 Å². The van der Waals surface area contributed by atoms with Crippen molar-refractivity contribution in [2.75, 3.05) is 0 Å². The molecule has 0 aliphatic rings. The second kappa shape index (κ2) is 6.97. The monoisotopic (exact) mass is 245 g/mol. The molecule has 0 saturated carbocycles. The van der Waals surface area contributed by atoms with E-state index in [0.717, 1.165) is 0 Å². The molecule has 0 fully saturated rings. The van der Waals surface area contributed by atoms with Crippen LogP contribution in [0.3, 0.4) is 0 Å². The average molecular weight is 245 g/mol. The molecule has 0 radical (unpaired) electrons. The Hall–Kier alpha value is -1.47. The summed E-state index contributed by atoms with van der Waals surface area (Å²) >= 11 is 0. The van der Waals surface area contributed by atoms with Gasteiger partial charge < -0.3 is 26.3 Å². The minimum atomic E-state index is -1.09. The van der Waals surface area contributed by atoms with Crippen molar-refractivity contribution in [1.29, 1.82) is 0 Å². The highest BCUT2D eigenvalue weighted by molar-refractivity contribution is 5.90. The molecular weight excluding hydrogens is 226 g/mol. The molecule has 0 rings (SSSR count). The minimum Gasteiger partial charge on any atom is -0.391 e. The summed E-state index contributed by atoms with van der Waals surface area (Å²) < 4.78 is 0. The van der Waals surface area contributed by atoms with E-state index in [1.54, 1.807) is 0 Å². The van der Waals surface area contributed by atoms with Gasteiger partial charge in [0.1, 0.15) is 18.4 Å². The molecule has 0 aliphatic carbocycles. The molecule has 4 atom stereocenters. The van der Waals surface area contributed by atoms with Gasteiger partial charge in [0.15, 0.2) is 0 Å². The Bertz CT molecular complexity index is 293. The van der Waals surface area contributed by atoms with E-state index in [1.807, 2.05) is 0 Å². The number of aliphatic hydroxyl groups excluding tert-OH is 1. The van der Waals surface area contributed by atoms with E-state index >= 15 is 0 Å². The molecule has 5 N–H and O–H groups in total. The number of hydrogen-bond acceptors (Lipinski definition) is 5. The van der Waals surface area contributed by atoms with Crippen LogP contribution in [-0.2, 0) is 14.4 Å². The van der Waals surface area contributed by atoms with Crippen LogP contribution in [0, 0.1) is 0 Å². The van der Waals surface area contributed by atoms with E-state index in [9.17, 15) is 14.4 Å². The van der Waals surface area contributed by atoms with Crippen molar-refractivity contribution in [3.05, 3.63) is 0 Å². The fraction of sp³-hybridized carbons (Fsp3) is 0.700. The van der Waals surface area contributed by atoms with Gasteiger partial charge in [-0.2, -0.15) is 0 Å². The first-order chi connectivity index (χ1) is 7.79. The summed E-state index contributed by atoms with van der Waals surface area (Å²) in [5, 5.41) is 13.8. The fourth-order valence-corrected chi connectivity index (χ4v) is 0.978. The van der Waals surface area contributed by atoms with Crippen molar-refractivity contribution < 1.29 is 19.5 Å². The zero-order chi connectivity index (χ0) is 13.6. The van der Waals surface area contributed by atoms with Crippen LogP contribution in [0.4, 0.5) is 0 Å². The highest BCUT2D eigenvalue weighted by Crippen LogP contribution is 1.91. The van der Waals surface area contributed by atoms with Crippen molar-refractivity contribution in [2.24, 2.45) is 5.73 Å². The van der Waals surface area contributed by atoms with Gasteiger partial charge in [0.25, 0.3) is 0 Å². The standard InChI is InChI=1S/C10H19N3O4/c1-5(4-14)12-9(16)6(2)13-10(17)8(11)7(3)15/h4-8,15H,11H2,1-3H3,(H,12,16)(H,13,17)/t5-,6-,7?,8-/m0/s1. The number of amides is 2. The Morgan fingerprint density at radius 3 is 2.12 bits per heavy atom. The lowest BCUT2D eigenvalue weighted by atomic mass is 10.1. The summed E-state index contributed by atoms with van der Waals surface area (Å²) in [6, 6.07) is -2.53. The predicted octanol–water partition coefficient (Wildman–Crippen LogP) is -2.10. The van der Waals surface area contributed by atoms with Gasteiger partial charge in [-0.1, -0.05) is 0 Å². The molecule has 17 heavy (non-hydrogen) atoms. The molecule has 0 heterocycles. The van der Waals surface area contributed by atoms with Crippen molar-refractivity contribution in [1.82, 2.24) is 10.6 Å². The van der Waals surface area contributed by atoms with Gasteiger partial charge in [-0.3, -0.25) is 9.59 Å². The fourth-order valence-electron chi connectivity index (χ4n) is 0.978. The maximum Gasteiger partial charge on any atom is 0.242 e. The highest BCUT2D eigenvalue weighted by Gasteiger charge is 2.23. The second-order valence-corrected chi connectivity index (χ2v) is 3.93. The van der Waals surface area contributed by atoms with E-state index in [2.05, 4.69) is 10.6 Å². The Morgan fingerprint density at radius 1 is 1.18 bits per heavy atom. The largest absolute Gasteiger partial charge is 0.391 e. The van der Waals surface area contributed by atoms with Gasteiger partial charge in [-0.25, -0.2) is 0 Å². The summed E-state index contributed by atoms with van der Waals surface area (Å²) in [5.41, 5.74) is 5.39. The van der Waals surface area contributed by atoms with Crippen molar-refractivity contribution in [3.63, 3.8) is 0 Å². The molecule has 0 aromatic carbocycles. The Morgan fingerprint density at radius 2 is 1.71 bits per heavy atom. The van der Waals surface area contributed by atoms with Gasteiger partial charge >= 0.3 is 0 Å². The molecule has 0 aliphatic heterocycles. The van der Waals surface area contributed by atoms with E-state index in [1.165, 1.54) is 20.8 Å². The number of aliphatic hydroxyl groups is 1. The molecule has 0 aromatic rings. The number of nitrogens with two attached hydrogens (primary N) is 1. The normalized spacial score (nSPS) is 17.5. The maximum absolute atomic E-state index is 11.5. The molecule has 0 saturated heterocycles. The molecule has 2 amide bonds. The lowest BCUT2D eigenvalue weighted by molar-refractivity contribution is -0.131. The van der Waals surface area contributed by atoms with Crippen LogP contribution in [0.5, 0.6) is 0 Å². The van der Waals surface area contributed by atoms with Gasteiger partial charge in [-0.05, 0) is 20.8 Å². The van der Waals surface area contributed by atoms with Crippen LogP contribution in [0.1, 0.15) is 20.8 Å². The summed E-state index contributed by atoms with van der Waals surface area (Å²) in [5.74, 6) is -1.11. The van der Waals surface area contributed by atoms with Crippen molar-refractivity contribution in [2.45, 2.75) is 45.0 Å². The third kappa shape index (κ3) is 5.41. The quantitative estimate of drug-likeness (QED) is 0.399. The third-order valence-electron chi connectivity index (χ3n) is 2.15. The van der Waals surface area contributed by atoms with Crippen LogP contribution in [0.2, 0.25) is 0 Å². The number of hydrogen-bond donors (Lipinski definition) is 4. The van der Waals surface area contributed by atoms with Gasteiger partial charge in [-0.15, -0.1) is 0 Å². The molecule has 98 valence electrons. The zero-order valence-electron chi connectivity index (χ0n) is 10.1. The first-order valence-corrected chi connectivity index (χ1v) is 5.29. The summed E-state index contributed by atoms with van der Waals surface area (Å²) in [6.07, 6.45) is -0.423. The minimum absolute atomic E-state index is 0.490. The number of carbonyl (C=O) groups is 3. The predicted molar refractivity (Wildman–Crippen MR) is 60.9 cm³/mol. The molecule has 0 bridgehead atoms. The molecular formula is C10H19N3O4. The molecule has 7 nitrogen and oxygen atoms in total. The molecule has 0 spiro atoms. The molecule has 7 heteroatoms. The summed E-state index contributed by atoms with van der Waals surface area (Å²) in [6.45, 7) is 4.35. The Kier molecular flexibility index (Phi) is 6.37. The van der Waals surface area contributed by atoms with Crippen LogP contribution >= 0.6 is 0 Å². The summed E-state index contributed by atoms with van der Waals surface area (Å²) in [7, 11) is 0. The second-order valence-electron chi connectivity index (χ2n) is 3.93. The van der Waals surface area contributed by atoms with Crippen molar-refractivity contribution >= 4 is 18.1 Å². The SMILES string of the molecule is CC(O)[C@H](N)C(=O)N[C@@H](C)C(=O)N[C@@H](C)C=O. The third-order valence-corrected chi connectivity index (χ3v) is 2.15. The van der Waals surface area contributed by atoms with E-state index in [4.69, 9.17) is 10.8 Å². The van der Waals surface area contributed by atoms with E-state index in [-0.39, 0.29) is 0 Å². The lowest BCUT2D eigenvalue weighted by Gasteiger charge is -2.19. The maximum atomic E-state index is 11.5. The lowest BCUT2D eigenvalue weighted by Crippen LogP contribution is -2.54. The Balaban J connectivity index is 4.25. The number of carbonyl (C=O) groups excluding carboxylic acids is 3. The zero-order valence-corrected chi connectivity index (χ0v) is 10.1. The van der Waals surface area contributed by atoms with Crippen LogP contribution in [0.15, 0.2) is 0 Å². The first-order valence-electron chi connectivity index (χ1n) is 5.29. The van der Waals surface area contributed by atoms with Gasteiger partial charge in [0.05, 0.1) is 12.1 Å². The summed E-state index contributed by atoms with van der Waals surface area (Å²) in [4.78, 5) is 33.2. The van der Waals surface area contributed by atoms with Crippen LogP contribution in [0.25, 0.3) is 0 Å². The van der Waals surface area contributed by atoms with Gasteiger partial charge in [0.2, 0.25) is 11.8 Å². The van der Waals surface area contributed by atoms with Crippen LogP contribution in [-0.4, -0.2) is 47.4 Å². The smallest absolute Gasteiger partial charge is 0.242 e. The molecule has 1 unspecified atom stereocenters. The van der Waals surface area contributed by atoms with Gasteiger partial charge in [0, 0.05) is 0 Å². The first kappa shape index (κ1) is 15.5.